The molecule has 2 aromatic carbocycles. The van der Waals surface area contributed by atoms with Crippen LogP contribution < -0.4 is 5.32 Å². The third-order valence-corrected chi connectivity index (χ3v) is 2.86. The average Bonchev–Trinajstić information content (AvgIpc) is 2.47. The van der Waals surface area contributed by atoms with Gasteiger partial charge in [0.25, 0.3) is 0 Å². The molecule has 0 saturated carbocycles. The number of nitriles is 1. The first-order chi connectivity index (χ1) is 9.35. The van der Waals surface area contributed by atoms with Crippen LogP contribution in [0.15, 0.2) is 47.6 Å². The molecule has 0 fully saturated rings. The molecule has 0 amide bonds. The van der Waals surface area contributed by atoms with Gasteiger partial charge in [0.15, 0.2) is 0 Å². The van der Waals surface area contributed by atoms with Crippen molar-refractivity contribution in [2.45, 2.75) is 6.04 Å². The van der Waals surface area contributed by atoms with E-state index in [2.05, 4.69) is 21.4 Å². The molecule has 0 spiro atoms. The van der Waals surface area contributed by atoms with Crippen LogP contribution in [0.25, 0.3) is 21.2 Å². The lowest BCUT2D eigenvalue weighted by molar-refractivity contribution is 0.636. The van der Waals surface area contributed by atoms with Crippen LogP contribution in [0.2, 0.25) is 0 Å². The Morgan fingerprint density at radius 2 is 2.05 bits per heavy atom. The number of rotatable bonds is 5. The van der Waals surface area contributed by atoms with Crippen molar-refractivity contribution in [2.24, 2.45) is 5.11 Å². The molecule has 1 N–H and O–H groups in total. The van der Waals surface area contributed by atoms with E-state index in [0.29, 0.717) is 13.1 Å². The molecule has 0 radical (unpaired) electrons. The summed E-state index contributed by atoms with van der Waals surface area (Å²) < 4.78 is 0. The minimum Gasteiger partial charge on any atom is -0.298 e. The molecule has 19 heavy (non-hydrogen) atoms. The van der Waals surface area contributed by atoms with Crippen LogP contribution >= 0.6 is 0 Å². The van der Waals surface area contributed by atoms with Crippen molar-refractivity contribution in [1.29, 1.82) is 5.26 Å². The van der Waals surface area contributed by atoms with E-state index in [0.717, 1.165) is 16.3 Å². The van der Waals surface area contributed by atoms with Crippen molar-refractivity contribution in [3.8, 4) is 6.07 Å². The van der Waals surface area contributed by atoms with Crippen LogP contribution in [0.1, 0.15) is 11.6 Å². The van der Waals surface area contributed by atoms with E-state index in [-0.39, 0.29) is 0 Å². The summed E-state index contributed by atoms with van der Waals surface area (Å²) in [4.78, 5) is 2.67. The third-order valence-electron chi connectivity index (χ3n) is 2.86. The Hall–Kier alpha value is -2.54. The predicted molar refractivity (Wildman–Crippen MR) is 74.3 cm³/mol. The van der Waals surface area contributed by atoms with E-state index >= 15 is 0 Å². The van der Waals surface area contributed by atoms with Crippen LogP contribution in [0.5, 0.6) is 0 Å². The molecule has 0 aliphatic rings. The van der Waals surface area contributed by atoms with Crippen molar-refractivity contribution in [1.82, 2.24) is 5.32 Å². The predicted octanol–water partition coefficient (Wildman–Crippen LogP) is 3.30. The average molecular weight is 251 g/mol. The van der Waals surface area contributed by atoms with E-state index in [9.17, 15) is 5.26 Å². The Bertz CT molecular complexity index is 652. The molecule has 2 rings (SSSR count). The Labute approximate surface area is 111 Å². The molecule has 0 aromatic heterocycles. The first-order valence-corrected chi connectivity index (χ1v) is 5.97. The normalized spacial score (nSPS) is 11.5. The van der Waals surface area contributed by atoms with Crippen LogP contribution in [0.4, 0.5) is 0 Å². The third kappa shape index (κ3) is 3.23. The van der Waals surface area contributed by atoms with Gasteiger partial charge in [0.1, 0.15) is 6.04 Å². The largest absolute Gasteiger partial charge is 0.298 e. The maximum Gasteiger partial charge on any atom is 0.121 e. The summed E-state index contributed by atoms with van der Waals surface area (Å²) in [6.07, 6.45) is 0. The minimum atomic E-state index is -0.390. The van der Waals surface area contributed by atoms with Gasteiger partial charge >= 0.3 is 0 Å². The lowest BCUT2D eigenvalue weighted by Gasteiger charge is -2.11. The highest BCUT2D eigenvalue weighted by Gasteiger charge is 2.09. The van der Waals surface area contributed by atoms with Gasteiger partial charge in [-0.25, -0.2) is 0 Å². The molecule has 1 unspecified atom stereocenters. The Kier molecular flexibility index (Phi) is 4.35. The Morgan fingerprint density at radius 1 is 1.26 bits per heavy atom. The topological polar surface area (TPSA) is 84.6 Å². The van der Waals surface area contributed by atoms with Crippen LogP contribution in [0, 0.1) is 11.3 Å². The van der Waals surface area contributed by atoms with Gasteiger partial charge in [0, 0.05) is 18.0 Å². The second-order valence-corrected chi connectivity index (χ2v) is 4.08. The fraction of sp³-hybridized carbons (Fsp3) is 0.214. The first-order valence-electron chi connectivity index (χ1n) is 5.97. The van der Waals surface area contributed by atoms with Gasteiger partial charge in [-0.15, -0.1) is 0 Å². The zero-order valence-corrected chi connectivity index (χ0v) is 10.3. The number of nitrogens with one attached hydrogen (secondary N) is 1. The minimum absolute atomic E-state index is 0.336. The molecular weight excluding hydrogens is 238 g/mol. The van der Waals surface area contributed by atoms with Gasteiger partial charge in [-0.3, -0.25) is 5.32 Å². The van der Waals surface area contributed by atoms with E-state index in [1.807, 2.05) is 42.5 Å². The summed E-state index contributed by atoms with van der Waals surface area (Å²) in [6.45, 7) is 0.817. The van der Waals surface area contributed by atoms with Crippen LogP contribution in [-0.4, -0.2) is 13.1 Å². The van der Waals surface area contributed by atoms with E-state index in [1.165, 1.54) is 0 Å². The molecule has 0 aliphatic heterocycles. The SMILES string of the molecule is N#CC(NCCN=[N+]=[N-])c1ccc2ccccc2c1. The van der Waals surface area contributed by atoms with Gasteiger partial charge in [0.05, 0.1) is 6.07 Å². The van der Waals surface area contributed by atoms with Crippen LogP contribution in [-0.2, 0) is 0 Å². The number of hydrogen-bond donors (Lipinski definition) is 1. The highest BCUT2D eigenvalue weighted by atomic mass is 15.1. The van der Waals surface area contributed by atoms with Gasteiger partial charge in [-0.2, -0.15) is 5.26 Å². The molecule has 5 nitrogen and oxygen atoms in total. The maximum atomic E-state index is 9.19. The monoisotopic (exact) mass is 251 g/mol. The number of azide groups is 1. The van der Waals surface area contributed by atoms with Crippen LogP contribution in [0.3, 0.4) is 0 Å². The zero-order chi connectivity index (χ0) is 13.5. The molecule has 2 aromatic rings. The van der Waals surface area contributed by atoms with Gasteiger partial charge < -0.3 is 0 Å². The maximum absolute atomic E-state index is 9.19. The van der Waals surface area contributed by atoms with Crippen molar-refractivity contribution < 1.29 is 0 Å². The lowest BCUT2D eigenvalue weighted by Crippen LogP contribution is -2.22. The standard InChI is InChI=1S/C14H13N5/c15-10-14(17-7-8-18-19-16)13-6-5-11-3-1-2-4-12(11)9-13/h1-6,9,14,17H,7-8H2. The summed E-state index contributed by atoms with van der Waals surface area (Å²) >= 11 is 0. The highest BCUT2D eigenvalue weighted by molar-refractivity contribution is 5.83. The Morgan fingerprint density at radius 3 is 2.79 bits per heavy atom. The van der Waals surface area contributed by atoms with Crippen molar-refractivity contribution in [3.63, 3.8) is 0 Å². The highest BCUT2D eigenvalue weighted by Crippen LogP contribution is 2.20. The molecule has 0 saturated heterocycles. The number of benzene rings is 2. The Balaban J connectivity index is 2.16. The first kappa shape index (κ1) is 12.9. The smallest absolute Gasteiger partial charge is 0.121 e. The molecule has 0 bridgehead atoms. The van der Waals surface area contributed by atoms with E-state index < -0.39 is 6.04 Å². The number of fused-ring (bicyclic) bond motifs is 1. The van der Waals surface area contributed by atoms with E-state index in [1.54, 1.807) is 0 Å². The summed E-state index contributed by atoms with van der Waals surface area (Å²) in [5, 5.41) is 17.9. The molecule has 0 heterocycles. The van der Waals surface area contributed by atoms with Crippen molar-refractivity contribution in [2.75, 3.05) is 13.1 Å². The number of nitrogens with zero attached hydrogens (tertiary/aromatic N) is 4. The van der Waals surface area contributed by atoms with Gasteiger partial charge in [-0.05, 0) is 27.9 Å². The molecule has 5 heteroatoms. The summed E-state index contributed by atoms with van der Waals surface area (Å²) in [6, 6.07) is 15.8. The summed E-state index contributed by atoms with van der Waals surface area (Å²) in [5.74, 6) is 0. The van der Waals surface area contributed by atoms with Crippen molar-refractivity contribution in [3.05, 3.63) is 58.5 Å². The zero-order valence-electron chi connectivity index (χ0n) is 10.3. The quantitative estimate of drug-likeness (QED) is 0.382. The second-order valence-electron chi connectivity index (χ2n) is 4.08. The fourth-order valence-electron chi connectivity index (χ4n) is 1.93. The second kappa shape index (κ2) is 6.41. The molecule has 0 aliphatic carbocycles. The van der Waals surface area contributed by atoms with E-state index in [4.69, 9.17) is 5.53 Å². The lowest BCUT2D eigenvalue weighted by atomic mass is 10.0. The van der Waals surface area contributed by atoms with Gasteiger partial charge in [-0.1, -0.05) is 41.5 Å². The number of hydrogen-bond acceptors (Lipinski definition) is 3. The fourth-order valence-corrected chi connectivity index (χ4v) is 1.93. The molecule has 94 valence electrons. The summed E-state index contributed by atoms with van der Waals surface area (Å²) in [5.41, 5.74) is 9.11. The summed E-state index contributed by atoms with van der Waals surface area (Å²) in [7, 11) is 0. The molecular formula is C14H13N5. The van der Waals surface area contributed by atoms with Gasteiger partial charge in [0.2, 0.25) is 0 Å². The molecule has 1 atom stereocenters. The van der Waals surface area contributed by atoms with Crippen molar-refractivity contribution >= 4 is 10.8 Å².